The number of ether oxygens (including phenoxy) is 1. The monoisotopic (exact) mass is 339 g/mol. The molecule has 1 aliphatic heterocycles. The highest BCUT2D eigenvalue weighted by Gasteiger charge is 2.44. The fourth-order valence-electron chi connectivity index (χ4n) is 4.35. The molecule has 5 heteroatoms. The molecule has 5 nitrogen and oxygen atoms in total. The van der Waals surface area contributed by atoms with Gasteiger partial charge in [0.15, 0.2) is 17.3 Å². The number of fused-ring (bicyclic) bond motifs is 1. The summed E-state index contributed by atoms with van der Waals surface area (Å²) in [5.41, 5.74) is 3.31. The van der Waals surface area contributed by atoms with Crippen LogP contribution < -0.4 is 4.74 Å². The van der Waals surface area contributed by atoms with E-state index in [1.54, 1.807) is 18.2 Å². The van der Waals surface area contributed by atoms with E-state index in [-0.39, 0.29) is 29.2 Å². The summed E-state index contributed by atoms with van der Waals surface area (Å²) in [6.07, 6.45) is 4.29. The maximum atomic E-state index is 12.7. The Bertz CT molecular complexity index is 821. The van der Waals surface area contributed by atoms with E-state index < -0.39 is 0 Å². The molecule has 0 spiro atoms. The molecule has 1 saturated carbocycles. The highest BCUT2D eigenvalue weighted by molar-refractivity contribution is 6.12. The number of hydrogen-bond donors (Lipinski definition) is 1. The number of phenolic OH excluding ortho intramolecular Hbond substituents is 1. The summed E-state index contributed by atoms with van der Waals surface area (Å²) in [6.45, 7) is 0. The molecule has 1 unspecified atom stereocenters. The van der Waals surface area contributed by atoms with Crippen molar-refractivity contribution in [2.75, 3.05) is 7.11 Å². The molecule has 0 bridgehead atoms. The first-order valence-corrected chi connectivity index (χ1v) is 8.83. The zero-order valence-corrected chi connectivity index (χ0v) is 14.2. The zero-order chi connectivity index (χ0) is 17.6. The van der Waals surface area contributed by atoms with E-state index in [0.29, 0.717) is 24.2 Å². The molecule has 0 amide bonds. The van der Waals surface area contributed by atoms with Crippen LogP contribution in [0.15, 0.2) is 34.5 Å². The smallest absolute Gasteiger partial charge is 0.161 e. The first kappa shape index (κ1) is 16.1. The van der Waals surface area contributed by atoms with Gasteiger partial charge < -0.3 is 9.84 Å². The van der Waals surface area contributed by atoms with Gasteiger partial charge in [-0.2, -0.15) is 0 Å². The third kappa shape index (κ3) is 2.58. The van der Waals surface area contributed by atoms with Crippen LogP contribution in [-0.2, 0) is 9.59 Å². The van der Waals surface area contributed by atoms with Crippen molar-refractivity contribution >= 4 is 17.3 Å². The fourth-order valence-corrected chi connectivity index (χ4v) is 4.35. The van der Waals surface area contributed by atoms with Gasteiger partial charge in [0.25, 0.3) is 0 Å². The molecule has 1 heterocycles. The van der Waals surface area contributed by atoms with Gasteiger partial charge in [0, 0.05) is 35.7 Å². The Morgan fingerprint density at radius 2 is 1.88 bits per heavy atom. The van der Waals surface area contributed by atoms with E-state index in [9.17, 15) is 14.7 Å². The van der Waals surface area contributed by atoms with E-state index in [2.05, 4.69) is 0 Å². The predicted molar refractivity (Wildman–Crippen MR) is 93.1 cm³/mol. The normalized spacial score (nSPS) is 26.0. The fraction of sp³-hybridized carbons (Fsp3) is 0.450. The third-order valence-corrected chi connectivity index (χ3v) is 5.48. The van der Waals surface area contributed by atoms with Gasteiger partial charge in [-0.3, -0.25) is 14.6 Å². The molecule has 1 aromatic rings. The van der Waals surface area contributed by atoms with Gasteiger partial charge in [-0.25, -0.2) is 0 Å². The molecule has 0 saturated heterocycles. The van der Waals surface area contributed by atoms with E-state index >= 15 is 0 Å². The number of methoxy groups -OCH3 is 1. The lowest BCUT2D eigenvalue weighted by atomic mass is 9.67. The topological polar surface area (TPSA) is 76.0 Å². The lowest BCUT2D eigenvalue weighted by Crippen LogP contribution is -2.39. The van der Waals surface area contributed by atoms with Gasteiger partial charge in [-0.05, 0) is 43.4 Å². The highest BCUT2D eigenvalue weighted by atomic mass is 16.5. The summed E-state index contributed by atoms with van der Waals surface area (Å²) in [6, 6.07) is 5.11. The van der Waals surface area contributed by atoms with Crippen molar-refractivity contribution in [2.45, 2.75) is 44.4 Å². The minimum atomic E-state index is -0.358. The number of Topliss-reactive ketones (excluding diaryl/α,β-unsaturated/α-hetero) is 2. The number of carbonyl (C=O) groups is 2. The molecule has 1 aromatic carbocycles. The minimum absolute atomic E-state index is 0.0510. The molecule has 2 aliphatic carbocycles. The quantitative estimate of drug-likeness (QED) is 0.897. The van der Waals surface area contributed by atoms with E-state index in [0.717, 1.165) is 42.7 Å². The van der Waals surface area contributed by atoms with Gasteiger partial charge in [0.1, 0.15) is 5.78 Å². The minimum Gasteiger partial charge on any atom is -0.504 e. The van der Waals surface area contributed by atoms with Crippen LogP contribution in [0.25, 0.3) is 0 Å². The maximum absolute atomic E-state index is 12.7. The number of hydrogen-bond acceptors (Lipinski definition) is 5. The summed E-state index contributed by atoms with van der Waals surface area (Å²) < 4.78 is 5.24. The number of benzene rings is 1. The van der Waals surface area contributed by atoms with E-state index in [1.807, 2.05) is 0 Å². The molecule has 0 radical (unpaired) electrons. The summed E-state index contributed by atoms with van der Waals surface area (Å²) in [7, 11) is 1.49. The number of allylic oxidation sites excluding steroid dienone is 2. The number of nitrogens with zero attached hydrogens (tertiary/aromatic N) is 1. The first-order chi connectivity index (χ1) is 12.1. The van der Waals surface area contributed by atoms with Gasteiger partial charge in [-0.1, -0.05) is 6.07 Å². The average Bonchev–Trinajstić information content (AvgIpc) is 2.61. The van der Waals surface area contributed by atoms with Gasteiger partial charge >= 0.3 is 0 Å². The second-order valence-corrected chi connectivity index (χ2v) is 6.95. The van der Waals surface area contributed by atoms with Crippen molar-refractivity contribution in [3.05, 3.63) is 35.0 Å². The van der Waals surface area contributed by atoms with Crippen LogP contribution in [0.4, 0.5) is 0 Å². The molecule has 0 aromatic heterocycles. The van der Waals surface area contributed by atoms with Gasteiger partial charge in [0.2, 0.25) is 0 Å². The van der Waals surface area contributed by atoms with E-state index in [4.69, 9.17) is 9.73 Å². The molecule has 1 fully saturated rings. The van der Waals surface area contributed by atoms with Gasteiger partial charge in [-0.15, -0.1) is 0 Å². The van der Waals surface area contributed by atoms with Crippen LogP contribution in [0.2, 0.25) is 0 Å². The third-order valence-electron chi connectivity index (χ3n) is 5.48. The summed E-state index contributed by atoms with van der Waals surface area (Å²) >= 11 is 0. The molecular formula is C20H21NO4. The SMILES string of the molecule is COc1cc([C@H]2C3=C(CCCC3=O)N=C3CCCC(=O)C32)ccc1O. The van der Waals surface area contributed by atoms with Crippen molar-refractivity contribution in [2.24, 2.45) is 10.9 Å². The largest absolute Gasteiger partial charge is 0.504 e. The maximum Gasteiger partial charge on any atom is 0.161 e. The van der Waals surface area contributed by atoms with Crippen LogP contribution in [0, 0.1) is 5.92 Å². The number of rotatable bonds is 2. The Morgan fingerprint density at radius 3 is 2.68 bits per heavy atom. The first-order valence-electron chi connectivity index (χ1n) is 8.83. The standard InChI is InChI=1S/C20H21NO4/c1-25-17-10-11(8-9-14(17)22)18-19-12(4-2-6-15(19)23)21-13-5-3-7-16(24)20(13)18/h8-10,18-19,22H,2-7H2,1H3/t18-,19?/m1/s1. The van der Waals surface area contributed by atoms with Crippen LogP contribution in [-0.4, -0.2) is 29.5 Å². The second-order valence-electron chi connectivity index (χ2n) is 6.95. The van der Waals surface area contributed by atoms with Crippen molar-refractivity contribution in [3.8, 4) is 11.5 Å². The number of ketones is 2. The molecule has 130 valence electrons. The van der Waals surface area contributed by atoms with Crippen molar-refractivity contribution in [1.82, 2.24) is 0 Å². The zero-order valence-electron chi connectivity index (χ0n) is 14.2. The van der Waals surface area contributed by atoms with Crippen LogP contribution in [0.5, 0.6) is 11.5 Å². The van der Waals surface area contributed by atoms with Crippen LogP contribution in [0.1, 0.15) is 50.0 Å². The lowest BCUT2D eigenvalue weighted by molar-refractivity contribution is -0.122. The van der Waals surface area contributed by atoms with E-state index in [1.165, 1.54) is 7.11 Å². The molecule has 4 rings (SSSR count). The number of carbonyl (C=O) groups excluding carboxylic acids is 2. The molecule has 3 aliphatic rings. The molecule has 25 heavy (non-hydrogen) atoms. The van der Waals surface area contributed by atoms with Crippen molar-refractivity contribution in [1.29, 1.82) is 0 Å². The van der Waals surface area contributed by atoms with Crippen molar-refractivity contribution in [3.63, 3.8) is 0 Å². The van der Waals surface area contributed by atoms with Crippen LogP contribution in [0.3, 0.4) is 0 Å². The summed E-state index contributed by atoms with van der Waals surface area (Å²) in [5, 5.41) is 9.91. The number of aromatic hydroxyl groups is 1. The Labute approximate surface area is 146 Å². The Hall–Kier alpha value is -2.43. The Kier molecular flexibility index (Phi) is 3.94. The average molecular weight is 339 g/mol. The Morgan fingerprint density at radius 1 is 1.08 bits per heavy atom. The van der Waals surface area contributed by atoms with Gasteiger partial charge in [0.05, 0.1) is 13.0 Å². The lowest BCUT2D eigenvalue weighted by Gasteiger charge is -2.38. The predicted octanol–water partition coefficient (Wildman–Crippen LogP) is 3.32. The van der Waals surface area contributed by atoms with Crippen molar-refractivity contribution < 1.29 is 19.4 Å². The number of aliphatic imine (C=N–C) groups is 1. The van der Waals surface area contributed by atoms with Crippen LogP contribution >= 0.6 is 0 Å². The molecular weight excluding hydrogens is 318 g/mol. The molecule has 1 N–H and O–H groups in total. The second kappa shape index (κ2) is 6.14. The number of phenols is 1. The summed E-state index contributed by atoms with van der Waals surface area (Å²) in [4.78, 5) is 30.2. The summed E-state index contributed by atoms with van der Waals surface area (Å²) in [5.74, 6) is -0.00171. The Balaban J connectivity index is 1.90. The molecule has 2 atom stereocenters. The highest BCUT2D eigenvalue weighted by Crippen LogP contribution is 2.47.